The maximum atomic E-state index is 11.9. The van der Waals surface area contributed by atoms with Crippen molar-refractivity contribution in [3.8, 4) is 5.75 Å². The summed E-state index contributed by atoms with van der Waals surface area (Å²) in [6, 6.07) is 17.7. The second kappa shape index (κ2) is 9.73. The van der Waals surface area contributed by atoms with Gasteiger partial charge in [-0.2, -0.15) is 5.10 Å². The van der Waals surface area contributed by atoms with Crippen molar-refractivity contribution in [2.45, 2.75) is 25.9 Å². The molecule has 2 aromatic rings. The van der Waals surface area contributed by atoms with E-state index >= 15 is 0 Å². The number of hydrogen-bond donors (Lipinski definition) is 1. The number of nitrogens with one attached hydrogen (secondary N) is 1. The summed E-state index contributed by atoms with van der Waals surface area (Å²) in [5.41, 5.74) is 4.64. The SMILES string of the molecule is O=C(CN1CCCCC1)NN=Cc1ccc(OCc2ccccc2)cc1. The minimum atomic E-state index is -0.0639. The molecule has 1 N–H and O–H groups in total. The van der Waals surface area contributed by atoms with Crippen LogP contribution in [0.3, 0.4) is 0 Å². The zero-order valence-corrected chi connectivity index (χ0v) is 14.9. The number of hydrazone groups is 1. The molecule has 0 radical (unpaired) electrons. The molecule has 1 fully saturated rings. The Bertz CT molecular complexity index is 708. The van der Waals surface area contributed by atoms with E-state index < -0.39 is 0 Å². The quantitative estimate of drug-likeness (QED) is 0.616. The molecule has 136 valence electrons. The predicted molar refractivity (Wildman–Crippen MR) is 103 cm³/mol. The van der Waals surface area contributed by atoms with Crippen molar-refractivity contribution >= 4 is 12.1 Å². The van der Waals surface area contributed by atoms with Crippen molar-refractivity contribution in [3.05, 3.63) is 65.7 Å². The van der Waals surface area contributed by atoms with E-state index in [1.165, 1.54) is 19.3 Å². The molecule has 3 rings (SSSR count). The van der Waals surface area contributed by atoms with E-state index in [1.807, 2.05) is 54.6 Å². The van der Waals surface area contributed by atoms with E-state index in [-0.39, 0.29) is 5.91 Å². The van der Waals surface area contributed by atoms with E-state index in [0.29, 0.717) is 13.2 Å². The molecule has 0 atom stereocenters. The fourth-order valence-corrected chi connectivity index (χ4v) is 2.93. The molecule has 0 bridgehead atoms. The average Bonchev–Trinajstić information content (AvgIpc) is 2.69. The molecule has 5 heteroatoms. The second-order valence-electron chi connectivity index (χ2n) is 6.47. The highest BCUT2D eigenvalue weighted by atomic mass is 16.5. The smallest absolute Gasteiger partial charge is 0.254 e. The maximum absolute atomic E-state index is 11.9. The highest BCUT2D eigenvalue weighted by molar-refractivity contribution is 5.83. The molecule has 0 unspecified atom stereocenters. The monoisotopic (exact) mass is 351 g/mol. The van der Waals surface area contributed by atoms with Gasteiger partial charge in [0, 0.05) is 0 Å². The van der Waals surface area contributed by atoms with Gasteiger partial charge in [0.1, 0.15) is 12.4 Å². The van der Waals surface area contributed by atoms with Crippen LogP contribution in [0.4, 0.5) is 0 Å². The Kier molecular flexibility index (Phi) is 6.79. The molecule has 26 heavy (non-hydrogen) atoms. The maximum Gasteiger partial charge on any atom is 0.254 e. The minimum Gasteiger partial charge on any atom is -0.489 e. The van der Waals surface area contributed by atoms with Crippen LogP contribution < -0.4 is 10.2 Å². The fraction of sp³-hybridized carbons (Fsp3) is 0.333. The zero-order valence-electron chi connectivity index (χ0n) is 14.9. The first-order valence-electron chi connectivity index (χ1n) is 9.11. The van der Waals surface area contributed by atoms with Crippen molar-refractivity contribution in [2.24, 2.45) is 5.10 Å². The van der Waals surface area contributed by atoms with Gasteiger partial charge in [0.05, 0.1) is 12.8 Å². The predicted octanol–water partition coefficient (Wildman–Crippen LogP) is 3.20. The van der Waals surface area contributed by atoms with E-state index in [9.17, 15) is 4.79 Å². The number of benzene rings is 2. The van der Waals surface area contributed by atoms with Crippen LogP contribution in [0.25, 0.3) is 0 Å². The second-order valence-corrected chi connectivity index (χ2v) is 6.47. The lowest BCUT2D eigenvalue weighted by atomic mass is 10.1. The third-order valence-corrected chi connectivity index (χ3v) is 4.35. The summed E-state index contributed by atoms with van der Waals surface area (Å²) < 4.78 is 5.75. The summed E-state index contributed by atoms with van der Waals surface area (Å²) >= 11 is 0. The molecule has 5 nitrogen and oxygen atoms in total. The van der Waals surface area contributed by atoms with Gasteiger partial charge in [0.15, 0.2) is 0 Å². The molecule has 0 aliphatic carbocycles. The van der Waals surface area contributed by atoms with Crippen LogP contribution in [0.2, 0.25) is 0 Å². The average molecular weight is 351 g/mol. The highest BCUT2D eigenvalue weighted by Gasteiger charge is 2.12. The summed E-state index contributed by atoms with van der Waals surface area (Å²) in [4.78, 5) is 14.1. The number of amides is 1. The van der Waals surface area contributed by atoms with Crippen LogP contribution in [0.1, 0.15) is 30.4 Å². The fourth-order valence-electron chi connectivity index (χ4n) is 2.93. The van der Waals surface area contributed by atoms with E-state index in [4.69, 9.17) is 4.74 Å². The van der Waals surface area contributed by atoms with Crippen molar-refractivity contribution in [2.75, 3.05) is 19.6 Å². The van der Waals surface area contributed by atoms with Gasteiger partial charge in [-0.05, 0) is 61.3 Å². The van der Waals surface area contributed by atoms with Crippen molar-refractivity contribution in [1.82, 2.24) is 10.3 Å². The summed E-state index contributed by atoms with van der Waals surface area (Å²) in [5.74, 6) is 0.742. The van der Waals surface area contributed by atoms with E-state index in [2.05, 4.69) is 15.4 Å². The van der Waals surface area contributed by atoms with Gasteiger partial charge in [-0.25, -0.2) is 5.43 Å². The van der Waals surface area contributed by atoms with Gasteiger partial charge >= 0.3 is 0 Å². The first-order valence-corrected chi connectivity index (χ1v) is 9.11. The third kappa shape index (κ3) is 6.01. The Balaban J connectivity index is 1.41. The number of nitrogens with zero attached hydrogens (tertiary/aromatic N) is 2. The van der Waals surface area contributed by atoms with Crippen LogP contribution in [0.5, 0.6) is 5.75 Å². The molecule has 0 spiro atoms. The number of rotatable bonds is 7. The number of likely N-dealkylation sites (tertiary alicyclic amines) is 1. The van der Waals surface area contributed by atoms with Crippen LogP contribution in [0.15, 0.2) is 59.7 Å². The van der Waals surface area contributed by atoms with Crippen LogP contribution in [-0.2, 0) is 11.4 Å². The Morgan fingerprint density at radius 2 is 1.77 bits per heavy atom. The van der Waals surface area contributed by atoms with Gasteiger partial charge in [-0.1, -0.05) is 36.8 Å². The molecular formula is C21H25N3O2. The van der Waals surface area contributed by atoms with E-state index in [0.717, 1.165) is 30.0 Å². The Labute approximate surface area is 154 Å². The van der Waals surface area contributed by atoms with E-state index in [1.54, 1.807) is 6.21 Å². The third-order valence-electron chi connectivity index (χ3n) is 4.35. The Morgan fingerprint density at radius 1 is 1.04 bits per heavy atom. The summed E-state index contributed by atoms with van der Waals surface area (Å²) in [6.07, 6.45) is 5.26. The largest absolute Gasteiger partial charge is 0.489 e. The number of carbonyl (C=O) groups is 1. The van der Waals surface area contributed by atoms with Crippen molar-refractivity contribution in [3.63, 3.8) is 0 Å². The lowest BCUT2D eigenvalue weighted by Gasteiger charge is -2.25. The van der Waals surface area contributed by atoms with Crippen LogP contribution in [0, 0.1) is 0 Å². The van der Waals surface area contributed by atoms with Gasteiger partial charge in [0.25, 0.3) is 5.91 Å². The van der Waals surface area contributed by atoms with Gasteiger partial charge in [0.2, 0.25) is 0 Å². The lowest BCUT2D eigenvalue weighted by Crippen LogP contribution is -2.38. The molecule has 1 aliphatic heterocycles. The van der Waals surface area contributed by atoms with Crippen molar-refractivity contribution < 1.29 is 9.53 Å². The Hall–Kier alpha value is -2.66. The zero-order chi connectivity index (χ0) is 18.0. The number of piperidine rings is 1. The standard InChI is InChI=1S/C21H25N3O2/c25-21(16-24-13-5-2-6-14-24)23-22-15-18-9-11-20(12-10-18)26-17-19-7-3-1-4-8-19/h1,3-4,7-12,15H,2,5-6,13-14,16-17H2,(H,23,25). The lowest BCUT2D eigenvalue weighted by molar-refractivity contribution is -0.122. The summed E-state index contributed by atoms with van der Waals surface area (Å²) in [7, 11) is 0. The molecule has 2 aromatic carbocycles. The normalized spacial score (nSPS) is 15.1. The molecule has 0 saturated carbocycles. The molecule has 1 amide bonds. The molecular weight excluding hydrogens is 326 g/mol. The van der Waals surface area contributed by atoms with Crippen molar-refractivity contribution in [1.29, 1.82) is 0 Å². The number of carbonyl (C=O) groups excluding carboxylic acids is 1. The van der Waals surface area contributed by atoms with Gasteiger partial charge < -0.3 is 4.74 Å². The summed E-state index contributed by atoms with van der Waals surface area (Å²) in [6.45, 7) is 2.97. The first-order chi connectivity index (χ1) is 12.8. The Morgan fingerprint density at radius 3 is 2.50 bits per heavy atom. The van der Waals surface area contributed by atoms with Gasteiger partial charge in [-0.15, -0.1) is 0 Å². The number of hydrogen-bond acceptors (Lipinski definition) is 4. The highest BCUT2D eigenvalue weighted by Crippen LogP contribution is 2.13. The minimum absolute atomic E-state index is 0.0639. The molecule has 1 heterocycles. The summed E-state index contributed by atoms with van der Waals surface area (Å²) in [5, 5.41) is 4.04. The molecule has 1 aliphatic rings. The number of ether oxygens (including phenoxy) is 1. The molecule has 0 aromatic heterocycles. The van der Waals surface area contributed by atoms with Gasteiger partial charge in [-0.3, -0.25) is 9.69 Å². The molecule has 1 saturated heterocycles. The first kappa shape index (κ1) is 18.1. The van der Waals surface area contributed by atoms with Crippen LogP contribution in [-0.4, -0.2) is 36.7 Å². The topological polar surface area (TPSA) is 53.9 Å². The van der Waals surface area contributed by atoms with Crippen LogP contribution >= 0.6 is 0 Å².